The third-order valence-electron chi connectivity index (χ3n) is 3.56. The van der Waals surface area contributed by atoms with Crippen LogP contribution < -0.4 is 0 Å². The fourth-order valence-corrected chi connectivity index (χ4v) is 4.06. The largest absolute Gasteiger partial charge is 0.136 e. The normalized spacial score (nSPS) is 13.6. The number of fused-ring (bicyclic) bond motifs is 2. The Bertz CT molecular complexity index is 778. The molecule has 2 heteroatoms. The van der Waals surface area contributed by atoms with Crippen LogP contribution in [0.3, 0.4) is 0 Å². The summed E-state index contributed by atoms with van der Waals surface area (Å²) in [4.78, 5) is 1.40. The molecule has 3 aromatic rings. The van der Waals surface area contributed by atoms with Crippen molar-refractivity contribution >= 4 is 49.0 Å². The van der Waals surface area contributed by atoms with E-state index < -0.39 is 0 Å². The molecule has 0 saturated carbocycles. The molecule has 0 unspecified atom stereocenters. The summed E-state index contributed by atoms with van der Waals surface area (Å²) in [7, 11) is 0. The molecule has 0 amide bonds. The molecule has 19 heavy (non-hydrogen) atoms. The molecule has 0 bridgehead atoms. The van der Waals surface area contributed by atoms with Crippen LogP contribution in [-0.2, 0) is 6.42 Å². The van der Waals surface area contributed by atoms with Crippen LogP contribution in [0, 0.1) is 0 Å². The first-order valence-corrected chi connectivity index (χ1v) is 7.88. The Hall–Kier alpha value is -1.38. The van der Waals surface area contributed by atoms with Crippen molar-refractivity contribution in [2.45, 2.75) is 6.42 Å². The second kappa shape index (κ2) is 4.32. The molecule has 4 rings (SSSR count). The fourth-order valence-electron chi connectivity index (χ4n) is 2.60. The summed E-state index contributed by atoms with van der Waals surface area (Å²) < 4.78 is 2.52. The SMILES string of the molecule is Brc1ccc2c(c1)C=C(c1cc3ccccc3s1)C2. The zero-order chi connectivity index (χ0) is 12.8. The van der Waals surface area contributed by atoms with Gasteiger partial charge in [-0.15, -0.1) is 11.3 Å². The van der Waals surface area contributed by atoms with Crippen LogP contribution >= 0.6 is 27.3 Å². The first-order chi connectivity index (χ1) is 9.29. The number of benzene rings is 2. The van der Waals surface area contributed by atoms with E-state index in [1.807, 2.05) is 11.3 Å². The van der Waals surface area contributed by atoms with Gasteiger partial charge in [0.05, 0.1) is 0 Å². The molecule has 92 valence electrons. The van der Waals surface area contributed by atoms with Gasteiger partial charge < -0.3 is 0 Å². The van der Waals surface area contributed by atoms with Crippen LogP contribution in [0.2, 0.25) is 0 Å². The molecule has 0 nitrogen and oxygen atoms in total. The van der Waals surface area contributed by atoms with E-state index in [0.29, 0.717) is 0 Å². The van der Waals surface area contributed by atoms with Gasteiger partial charge in [0.1, 0.15) is 0 Å². The average molecular weight is 327 g/mol. The third-order valence-corrected chi connectivity index (χ3v) is 5.25. The van der Waals surface area contributed by atoms with Crippen molar-refractivity contribution in [1.29, 1.82) is 0 Å². The lowest BCUT2D eigenvalue weighted by atomic mass is 10.1. The quantitative estimate of drug-likeness (QED) is 0.533. The average Bonchev–Trinajstić information content (AvgIpc) is 3.00. The van der Waals surface area contributed by atoms with E-state index in [2.05, 4.69) is 70.5 Å². The second-order valence-corrected chi connectivity index (χ2v) is 6.84. The minimum atomic E-state index is 1.05. The molecule has 0 spiro atoms. The fraction of sp³-hybridized carbons (Fsp3) is 0.0588. The highest BCUT2D eigenvalue weighted by atomic mass is 79.9. The molecule has 0 atom stereocenters. The first-order valence-electron chi connectivity index (χ1n) is 6.27. The Morgan fingerprint density at radius 3 is 2.79 bits per heavy atom. The number of rotatable bonds is 1. The molecule has 0 saturated heterocycles. The van der Waals surface area contributed by atoms with E-state index in [4.69, 9.17) is 0 Å². The number of hydrogen-bond donors (Lipinski definition) is 0. The monoisotopic (exact) mass is 326 g/mol. The first kappa shape index (κ1) is 11.4. The predicted octanol–water partition coefficient (Wildman–Crippen LogP) is 5.76. The van der Waals surface area contributed by atoms with Gasteiger partial charge in [0.25, 0.3) is 0 Å². The van der Waals surface area contributed by atoms with E-state index in [-0.39, 0.29) is 0 Å². The van der Waals surface area contributed by atoms with E-state index in [1.165, 1.54) is 31.7 Å². The summed E-state index contributed by atoms with van der Waals surface area (Å²) >= 11 is 5.43. The molecule has 2 aromatic carbocycles. The van der Waals surface area contributed by atoms with Crippen LogP contribution in [0.25, 0.3) is 21.7 Å². The van der Waals surface area contributed by atoms with Gasteiger partial charge in [-0.05, 0) is 58.8 Å². The summed E-state index contributed by atoms with van der Waals surface area (Å²) in [5, 5.41) is 1.35. The van der Waals surface area contributed by atoms with E-state index in [1.54, 1.807) is 0 Å². The van der Waals surface area contributed by atoms with Gasteiger partial charge in [0.15, 0.2) is 0 Å². The number of thiophene rings is 1. The topological polar surface area (TPSA) is 0 Å². The maximum absolute atomic E-state index is 3.54. The standard InChI is InChI=1S/C17H11BrS/c18-15-6-5-11-7-14(8-13(11)9-15)17-10-12-3-1-2-4-16(12)19-17/h1-6,8-10H,7H2. The third kappa shape index (κ3) is 1.96. The van der Waals surface area contributed by atoms with Crippen molar-refractivity contribution < 1.29 is 0 Å². The molecular formula is C17H11BrS. The Kier molecular flexibility index (Phi) is 2.61. The highest BCUT2D eigenvalue weighted by molar-refractivity contribution is 9.10. The minimum Gasteiger partial charge on any atom is -0.136 e. The highest BCUT2D eigenvalue weighted by Crippen LogP contribution is 2.38. The van der Waals surface area contributed by atoms with Gasteiger partial charge in [-0.3, -0.25) is 0 Å². The number of allylic oxidation sites excluding steroid dienone is 1. The summed E-state index contributed by atoms with van der Waals surface area (Å²) in [5.41, 5.74) is 4.21. The highest BCUT2D eigenvalue weighted by Gasteiger charge is 2.15. The van der Waals surface area contributed by atoms with Crippen molar-refractivity contribution in [1.82, 2.24) is 0 Å². The smallest absolute Gasteiger partial charge is 0.0349 e. The molecule has 0 aliphatic heterocycles. The van der Waals surface area contributed by atoms with Crippen LogP contribution in [-0.4, -0.2) is 0 Å². The lowest BCUT2D eigenvalue weighted by molar-refractivity contribution is 1.32. The van der Waals surface area contributed by atoms with Crippen LogP contribution in [0.15, 0.2) is 53.0 Å². The van der Waals surface area contributed by atoms with Crippen molar-refractivity contribution in [2.75, 3.05) is 0 Å². The number of hydrogen-bond acceptors (Lipinski definition) is 1. The molecular weight excluding hydrogens is 316 g/mol. The van der Waals surface area contributed by atoms with E-state index in [9.17, 15) is 0 Å². The summed E-state index contributed by atoms with van der Waals surface area (Å²) in [6.45, 7) is 0. The molecule has 1 aliphatic carbocycles. The summed E-state index contributed by atoms with van der Waals surface area (Å²) in [6.07, 6.45) is 3.38. The Morgan fingerprint density at radius 2 is 1.89 bits per heavy atom. The summed E-state index contributed by atoms with van der Waals surface area (Å²) in [5.74, 6) is 0. The van der Waals surface area contributed by atoms with Gasteiger partial charge in [0, 0.05) is 14.0 Å². The lowest BCUT2D eigenvalue weighted by Crippen LogP contribution is -1.82. The molecule has 1 heterocycles. The second-order valence-electron chi connectivity index (χ2n) is 4.84. The maximum atomic E-state index is 3.54. The van der Waals surface area contributed by atoms with Gasteiger partial charge in [-0.1, -0.05) is 40.2 Å². The van der Waals surface area contributed by atoms with E-state index >= 15 is 0 Å². The van der Waals surface area contributed by atoms with Crippen molar-refractivity contribution in [3.8, 4) is 0 Å². The van der Waals surface area contributed by atoms with Gasteiger partial charge in [-0.2, -0.15) is 0 Å². The zero-order valence-electron chi connectivity index (χ0n) is 10.2. The van der Waals surface area contributed by atoms with Crippen molar-refractivity contribution in [3.63, 3.8) is 0 Å². The van der Waals surface area contributed by atoms with Crippen LogP contribution in [0.1, 0.15) is 16.0 Å². The van der Waals surface area contributed by atoms with Crippen LogP contribution in [0.4, 0.5) is 0 Å². The molecule has 1 aromatic heterocycles. The van der Waals surface area contributed by atoms with Crippen molar-refractivity contribution in [3.05, 3.63) is 69.0 Å². The van der Waals surface area contributed by atoms with E-state index in [0.717, 1.165) is 10.9 Å². The lowest BCUT2D eigenvalue weighted by Gasteiger charge is -1.98. The molecule has 0 N–H and O–H groups in total. The molecule has 0 radical (unpaired) electrons. The zero-order valence-corrected chi connectivity index (χ0v) is 12.6. The molecule has 1 aliphatic rings. The Labute approximate surface area is 124 Å². The minimum absolute atomic E-state index is 1.05. The van der Waals surface area contributed by atoms with Gasteiger partial charge in [0.2, 0.25) is 0 Å². The summed E-state index contributed by atoms with van der Waals surface area (Å²) in [6, 6.07) is 17.5. The van der Waals surface area contributed by atoms with Crippen LogP contribution in [0.5, 0.6) is 0 Å². The predicted molar refractivity (Wildman–Crippen MR) is 87.5 cm³/mol. The Morgan fingerprint density at radius 1 is 1.00 bits per heavy atom. The molecule has 0 fully saturated rings. The van der Waals surface area contributed by atoms with Crippen molar-refractivity contribution in [2.24, 2.45) is 0 Å². The van der Waals surface area contributed by atoms with Gasteiger partial charge >= 0.3 is 0 Å². The Balaban J connectivity index is 1.80. The van der Waals surface area contributed by atoms with Gasteiger partial charge in [-0.25, -0.2) is 0 Å². The number of halogens is 1. The maximum Gasteiger partial charge on any atom is 0.0349 e.